The summed E-state index contributed by atoms with van der Waals surface area (Å²) in [6.07, 6.45) is 0.361. The lowest BCUT2D eigenvalue weighted by Gasteiger charge is -2.19. The molecule has 1 aliphatic rings. The molecule has 0 radical (unpaired) electrons. The summed E-state index contributed by atoms with van der Waals surface area (Å²) < 4.78 is 28.5. The molecule has 0 aliphatic heterocycles. The molecule has 0 saturated heterocycles. The maximum Gasteiger partial charge on any atom is 0.280 e. The van der Waals surface area contributed by atoms with Gasteiger partial charge in [-0.15, -0.1) is 0 Å². The van der Waals surface area contributed by atoms with Crippen LogP contribution in [0.25, 0.3) is 10.8 Å². The first-order valence-electron chi connectivity index (χ1n) is 5.69. The van der Waals surface area contributed by atoms with Gasteiger partial charge in [0, 0.05) is 5.56 Å². The molecule has 0 spiro atoms. The zero-order valence-electron chi connectivity index (χ0n) is 9.37. The smallest absolute Gasteiger partial charge is 0.280 e. The van der Waals surface area contributed by atoms with Gasteiger partial charge in [0.2, 0.25) is 0 Å². The minimum atomic E-state index is -2.83. The van der Waals surface area contributed by atoms with E-state index in [2.05, 4.69) is 0 Å². The average molecular weight is 234 g/mol. The molecule has 0 amide bonds. The Morgan fingerprint density at radius 1 is 1.29 bits per heavy atom. The summed E-state index contributed by atoms with van der Waals surface area (Å²) in [6, 6.07) is 7.87. The van der Waals surface area contributed by atoms with Gasteiger partial charge >= 0.3 is 0 Å². The Labute approximate surface area is 97.7 Å². The number of rotatable bonds is 1. The molecule has 0 bridgehead atoms. The summed E-state index contributed by atoms with van der Waals surface area (Å²) in [5, 5.41) is 10.9. The van der Waals surface area contributed by atoms with Gasteiger partial charge in [0.05, 0.1) is 5.92 Å². The second-order valence-corrected chi connectivity index (χ2v) is 4.52. The molecule has 88 valence electrons. The third-order valence-corrected chi connectivity index (χ3v) is 3.57. The quantitative estimate of drug-likeness (QED) is 0.786. The molecule has 2 aromatic rings. The van der Waals surface area contributed by atoms with E-state index in [9.17, 15) is 13.9 Å². The Morgan fingerprint density at radius 2 is 2.06 bits per heavy atom. The highest BCUT2D eigenvalue weighted by atomic mass is 19.3. The Morgan fingerprint density at radius 3 is 2.76 bits per heavy atom. The van der Waals surface area contributed by atoms with Crippen molar-refractivity contribution in [2.75, 3.05) is 0 Å². The minimum Gasteiger partial charge on any atom is -0.508 e. The van der Waals surface area contributed by atoms with Crippen LogP contribution in [0.15, 0.2) is 30.3 Å². The highest BCUT2D eigenvalue weighted by molar-refractivity contribution is 5.93. The predicted molar refractivity (Wildman–Crippen MR) is 62.5 cm³/mol. The molecule has 0 fully saturated rings. The number of hydrogen-bond donors (Lipinski definition) is 1. The molecule has 1 nitrogen and oxygen atoms in total. The normalized spacial score (nSPS) is 21.0. The molecule has 0 saturated carbocycles. The highest BCUT2D eigenvalue weighted by Gasteiger charge is 2.48. The third kappa shape index (κ3) is 1.22. The van der Waals surface area contributed by atoms with Crippen molar-refractivity contribution in [3.63, 3.8) is 0 Å². The van der Waals surface area contributed by atoms with Gasteiger partial charge in [0.1, 0.15) is 5.75 Å². The van der Waals surface area contributed by atoms with Crippen LogP contribution >= 0.6 is 0 Å². The molecule has 0 aromatic heterocycles. The van der Waals surface area contributed by atoms with Gasteiger partial charge in [-0.1, -0.05) is 25.1 Å². The van der Waals surface area contributed by atoms with Gasteiger partial charge in [-0.2, -0.15) is 0 Å². The number of benzene rings is 2. The van der Waals surface area contributed by atoms with Crippen LogP contribution in [0.5, 0.6) is 5.75 Å². The summed E-state index contributed by atoms with van der Waals surface area (Å²) in [6.45, 7) is 1.75. The van der Waals surface area contributed by atoms with Crippen LogP contribution in [0.3, 0.4) is 0 Å². The van der Waals surface area contributed by atoms with Crippen molar-refractivity contribution in [3.05, 3.63) is 41.5 Å². The molecule has 1 atom stereocenters. The van der Waals surface area contributed by atoms with Crippen LogP contribution < -0.4 is 0 Å². The van der Waals surface area contributed by atoms with E-state index in [0.717, 1.165) is 0 Å². The van der Waals surface area contributed by atoms with Crippen LogP contribution in [0.2, 0.25) is 0 Å². The maximum atomic E-state index is 14.2. The van der Waals surface area contributed by atoms with Gasteiger partial charge in [-0.05, 0) is 34.9 Å². The number of phenols is 1. The Kier molecular flexibility index (Phi) is 1.97. The zero-order valence-corrected chi connectivity index (χ0v) is 9.37. The van der Waals surface area contributed by atoms with Crippen molar-refractivity contribution in [1.82, 2.24) is 0 Å². The van der Waals surface area contributed by atoms with Crippen LogP contribution in [0.1, 0.15) is 30.4 Å². The van der Waals surface area contributed by atoms with Crippen LogP contribution in [0.4, 0.5) is 8.78 Å². The lowest BCUT2D eigenvalue weighted by Crippen LogP contribution is -2.17. The van der Waals surface area contributed by atoms with Crippen molar-refractivity contribution in [2.24, 2.45) is 0 Å². The standard InChI is InChI=1S/C14H12F2O/c1-2-11-10-7-9(17)6-8-4-3-5-12(13(8)10)14(11,15)16/h3-7,11,17H,2H2,1H3. The Hall–Kier alpha value is -1.64. The van der Waals surface area contributed by atoms with Crippen molar-refractivity contribution in [1.29, 1.82) is 0 Å². The summed E-state index contributed by atoms with van der Waals surface area (Å²) in [5.41, 5.74) is 0.667. The fourth-order valence-corrected chi connectivity index (χ4v) is 2.86. The molecule has 1 N–H and O–H groups in total. The number of phenolic OH excluding ortho intramolecular Hbond substituents is 1. The van der Waals surface area contributed by atoms with Gasteiger partial charge in [0.15, 0.2) is 0 Å². The molecule has 3 rings (SSSR count). The third-order valence-electron chi connectivity index (χ3n) is 3.57. The molecular weight excluding hydrogens is 222 g/mol. The molecule has 1 aliphatic carbocycles. The van der Waals surface area contributed by atoms with E-state index in [0.29, 0.717) is 22.8 Å². The first-order valence-corrected chi connectivity index (χ1v) is 5.69. The average Bonchev–Trinajstić information content (AvgIpc) is 2.48. The summed E-state index contributed by atoms with van der Waals surface area (Å²) in [4.78, 5) is 0. The van der Waals surface area contributed by atoms with Gasteiger partial charge in [-0.25, -0.2) is 8.78 Å². The van der Waals surface area contributed by atoms with E-state index in [-0.39, 0.29) is 11.3 Å². The molecule has 17 heavy (non-hydrogen) atoms. The van der Waals surface area contributed by atoms with Crippen molar-refractivity contribution in [2.45, 2.75) is 25.2 Å². The molecule has 2 aromatic carbocycles. The second kappa shape index (κ2) is 3.19. The monoisotopic (exact) mass is 234 g/mol. The largest absolute Gasteiger partial charge is 0.508 e. The number of aromatic hydroxyl groups is 1. The van der Waals surface area contributed by atoms with Gasteiger partial charge < -0.3 is 5.11 Å². The van der Waals surface area contributed by atoms with Gasteiger partial charge in [0.25, 0.3) is 5.92 Å². The van der Waals surface area contributed by atoms with E-state index in [4.69, 9.17) is 0 Å². The lowest BCUT2D eigenvalue weighted by atomic mass is 9.95. The second-order valence-electron chi connectivity index (χ2n) is 4.52. The lowest BCUT2D eigenvalue weighted by molar-refractivity contribution is -0.0278. The maximum absolute atomic E-state index is 14.2. The summed E-state index contributed by atoms with van der Waals surface area (Å²) in [7, 11) is 0. The molecule has 3 heteroatoms. The van der Waals surface area contributed by atoms with Crippen molar-refractivity contribution in [3.8, 4) is 5.75 Å². The van der Waals surface area contributed by atoms with Gasteiger partial charge in [-0.3, -0.25) is 0 Å². The molecule has 0 heterocycles. The summed E-state index contributed by atoms with van der Waals surface area (Å²) in [5.74, 6) is -3.60. The molecular formula is C14H12F2O. The SMILES string of the molecule is CCC1c2cc(O)cc3cccc(c23)C1(F)F. The van der Waals surface area contributed by atoms with Crippen LogP contribution in [-0.2, 0) is 5.92 Å². The molecule has 1 unspecified atom stereocenters. The van der Waals surface area contributed by atoms with E-state index < -0.39 is 11.8 Å². The summed E-state index contributed by atoms with van der Waals surface area (Å²) >= 11 is 0. The van der Waals surface area contributed by atoms with Crippen molar-refractivity contribution >= 4 is 10.8 Å². The highest BCUT2D eigenvalue weighted by Crippen LogP contribution is 2.54. The number of halogens is 2. The van der Waals surface area contributed by atoms with E-state index in [1.165, 1.54) is 18.2 Å². The van der Waals surface area contributed by atoms with Crippen molar-refractivity contribution < 1.29 is 13.9 Å². The first-order chi connectivity index (χ1) is 8.05. The van der Waals surface area contributed by atoms with Crippen LogP contribution in [0, 0.1) is 0 Å². The number of hydrogen-bond acceptors (Lipinski definition) is 1. The fourth-order valence-electron chi connectivity index (χ4n) is 2.86. The Bertz CT molecular complexity index is 604. The fraction of sp³-hybridized carbons (Fsp3) is 0.286. The Balaban J connectivity index is 2.45. The first kappa shape index (κ1) is 10.5. The zero-order chi connectivity index (χ0) is 12.2. The van der Waals surface area contributed by atoms with E-state index >= 15 is 0 Å². The topological polar surface area (TPSA) is 20.2 Å². The van der Waals surface area contributed by atoms with E-state index in [1.807, 2.05) is 0 Å². The minimum absolute atomic E-state index is 0.0563. The van der Waals surface area contributed by atoms with E-state index in [1.54, 1.807) is 19.1 Å². The van der Waals surface area contributed by atoms with Crippen LogP contribution in [-0.4, -0.2) is 5.11 Å². The predicted octanol–water partition coefficient (Wildman–Crippen LogP) is 4.14. The number of alkyl halides is 2.